The van der Waals surface area contributed by atoms with Crippen molar-refractivity contribution < 1.29 is 15.0 Å². The fraction of sp³-hybridized carbons (Fsp3) is 0.385. The first kappa shape index (κ1) is 26.1. The van der Waals surface area contributed by atoms with Crippen molar-refractivity contribution in [3.63, 3.8) is 0 Å². The van der Waals surface area contributed by atoms with E-state index < -0.39 is 5.91 Å². The van der Waals surface area contributed by atoms with Gasteiger partial charge in [-0.15, -0.1) is 0 Å². The first-order chi connectivity index (χ1) is 18.4. The molecule has 2 aromatic carbocycles. The second kappa shape index (κ2) is 11.5. The molecule has 4 N–H and O–H groups in total. The third-order valence-corrected chi connectivity index (χ3v) is 7.24. The number of nitrogens with one attached hydrogen (secondary N) is 2. The summed E-state index contributed by atoms with van der Waals surface area (Å²) in [6.07, 6.45) is 6.83. The van der Waals surface area contributed by atoms with Crippen LogP contribution < -0.4 is 20.4 Å². The average Bonchev–Trinajstić information content (AvgIpc) is 2.92. The summed E-state index contributed by atoms with van der Waals surface area (Å²) >= 11 is 11.9. The number of piperidine rings is 2. The average molecular weight is 558 g/mol. The van der Waals surface area contributed by atoms with E-state index in [2.05, 4.69) is 30.4 Å². The number of nitrogens with zero attached hydrogens (tertiary/aromatic N) is 5. The molecular weight excluding hydrogens is 529 g/mol. The Morgan fingerprint density at radius 2 is 1.32 bits per heavy atom. The van der Waals surface area contributed by atoms with E-state index in [4.69, 9.17) is 28.2 Å². The number of phenolic OH excluding ortho intramolecular Hbond substituents is 2. The van der Waals surface area contributed by atoms with E-state index in [0.29, 0.717) is 23.5 Å². The number of halogens is 2. The van der Waals surface area contributed by atoms with Crippen molar-refractivity contribution >= 4 is 58.3 Å². The van der Waals surface area contributed by atoms with E-state index in [1.807, 2.05) is 0 Å². The Hall–Kier alpha value is -3.50. The maximum Gasteiger partial charge on any atom is 0.259 e. The van der Waals surface area contributed by atoms with Gasteiger partial charge in [-0.1, -0.05) is 23.2 Å². The largest absolute Gasteiger partial charge is 0.507 e. The Kier molecular flexibility index (Phi) is 7.90. The van der Waals surface area contributed by atoms with Gasteiger partial charge in [0.1, 0.15) is 5.75 Å². The van der Waals surface area contributed by atoms with Gasteiger partial charge in [0.2, 0.25) is 17.8 Å². The molecule has 2 saturated heterocycles. The molecule has 2 aliphatic rings. The van der Waals surface area contributed by atoms with Gasteiger partial charge in [0.25, 0.3) is 5.91 Å². The molecule has 1 amide bonds. The highest BCUT2D eigenvalue weighted by molar-refractivity contribution is 6.37. The topological polar surface area (TPSA) is 127 Å². The quantitative estimate of drug-likeness (QED) is 0.288. The van der Waals surface area contributed by atoms with Gasteiger partial charge >= 0.3 is 0 Å². The minimum atomic E-state index is -0.563. The summed E-state index contributed by atoms with van der Waals surface area (Å²) in [6.45, 7) is 3.63. The number of anilines is 5. The van der Waals surface area contributed by atoms with Crippen molar-refractivity contribution in [1.82, 2.24) is 15.0 Å². The zero-order valence-electron chi connectivity index (χ0n) is 20.8. The molecule has 10 nitrogen and oxygen atoms in total. The van der Waals surface area contributed by atoms with Gasteiger partial charge in [-0.3, -0.25) is 4.79 Å². The fourth-order valence-electron chi connectivity index (χ4n) is 4.65. The van der Waals surface area contributed by atoms with E-state index in [1.54, 1.807) is 6.07 Å². The van der Waals surface area contributed by atoms with Crippen LogP contribution >= 0.6 is 23.2 Å². The van der Waals surface area contributed by atoms with Crippen LogP contribution in [0.15, 0.2) is 30.3 Å². The summed E-state index contributed by atoms with van der Waals surface area (Å²) in [4.78, 5) is 31.3. The van der Waals surface area contributed by atoms with Crippen molar-refractivity contribution in [1.29, 1.82) is 0 Å². The van der Waals surface area contributed by atoms with Crippen LogP contribution in [-0.4, -0.2) is 57.3 Å². The number of amides is 1. The smallest absolute Gasteiger partial charge is 0.259 e. The van der Waals surface area contributed by atoms with E-state index >= 15 is 0 Å². The van der Waals surface area contributed by atoms with Crippen LogP contribution in [-0.2, 0) is 0 Å². The molecule has 2 fully saturated rings. The van der Waals surface area contributed by atoms with Crippen LogP contribution in [0.25, 0.3) is 0 Å². The molecule has 0 unspecified atom stereocenters. The number of rotatable bonds is 6. The van der Waals surface area contributed by atoms with E-state index in [1.165, 1.54) is 37.1 Å². The lowest BCUT2D eigenvalue weighted by atomic mass is 10.1. The maximum absolute atomic E-state index is 12.8. The van der Waals surface area contributed by atoms with Crippen molar-refractivity contribution in [2.45, 2.75) is 38.5 Å². The lowest BCUT2D eigenvalue weighted by Crippen LogP contribution is -2.34. The Morgan fingerprint density at radius 3 is 1.84 bits per heavy atom. The molecule has 3 aromatic rings. The monoisotopic (exact) mass is 557 g/mol. The van der Waals surface area contributed by atoms with Gasteiger partial charge in [-0.05, 0) is 62.8 Å². The van der Waals surface area contributed by atoms with Crippen LogP contribution in [0.4, 0.5) is 29.2 Å². The fourth-order valence-corrected chi connectivity index (χ4v) is 5.13. The Labute approximate surface area is 230 Å². The molecule has 0 saturated carbocycles. The number of aromatic hydroxyl groups is 2. The summed E-state index contributed by atoms with van der Waals surface area (Å²) in [5.74, 6) is 0.612. The minimum Gasteiger partial charge on any atom is -0.507 e. The highest BCUT2D eigenvalue weighted by atomic mass is 35.5. The summed E-state index contributed by atoms with van der Waals surface area (Å²) in [5.41, 5.74) is 0.856. The van der Waals surface area contributed by atoms with Gasteiger partial charge in [0, 0.05) is 43.6 Å². The number of aromatic nitrogens is 3. The van der Waals surface area contributed by atoms with Crippen molar-refractivity contribution in [2.24, 2.45) is 0 Å². The first-order valence-corrected chi connectivity index (χ1v) is 13.5. The van der Waals surface area contributed by atoms with Crippen LogP contribution in [0.3, 0.4) is 0 Å². The molecule has 2 aliphatic heterocycles. The highest BCUT2D eigenvalue weighted by Gasteiger charge is 2.21. The molecule has 0 aliphatic carbocycles. The van der Waals surface area contributed by atoms with Crippen LogP contribution in [0.5, 0.6) is 11.5 Å². The molecule has 38 heavy (non-hydrogen) atoms. The molecular formula is C26H29Cl2N7O3. The molecule has 0 radical (unpaired) electrons. The zero-order valence-corrected chi connectivity index (χ0v) is 22.3. The molecule has 0 spiro atoms. The molecule has 3 heterocycles. The van der Waals surface area contributed by atoms with Gasteiger partial charge in [-0.2, -0.15) is 15.0 Å². The summed E-state index contributed by atoms with van der Waals surface area (Å²) in [5, 5.41) is 26.1. The number of carbonyl (C=O) groups excluding carboxylic acids is 1. The van der Waals surface area contributed by atoms with Crippen molar-refractivity contribution in [3.8, 4) is 11.5 Å². The molecule has 0 bridgehead atoms. The first-order valence-electron chi connectivity index (χ1n) is 12.7. The van der Waals surface area contributed by atoms with Gasteiger partial charge < -0.3 is 30.6 Å². The van der Waals surface area contributed by atoms with E-state index in [9.17, 15) is 15.0 Å². The van der Waals surface area contributed by atoms with E-state index in [0.717, 1.165) is 51.9 Å². The van der Waals surface area contributed by atoms with Gasteiger partial charge in [0.15, 0.2) is 5.75 Å². The number of hydrogen-bond donors (Lipinski definition) is 4. The number of benzene rings is 2. The summed E-state index contributed by atoms with van der Waals surface area (Å²) in [7, 11) is 0. The van der Waals surface area contributed by atoms with Gasteiger partial charge in [-0.25, -0.2) is 0 Å². The molecule has 200 valence electrons. The SMILES string of the molecule is O=C(Nc1cc(Cl)c(O)c(Cl)c1)c1ccc(Nc2nc(N3CCCCC3)nc(N3CCCCC3)n2)cc1O. The Bertz CT molecular complexity index is 1270. The molecule has 1 aromatic heterocycles. The zero-order chi connectivity index (χ0) is 26.6. The second-order valence-electron chi connectivity index (χ2n) is 9.45. The predicted molar refractivity (Wildman–Crippen MR) is 149 cm³/mol. The molecule has 5 rings (SSSR count). The number of hydrogen-bond acceptors (Lipinski definition) is 9. The van der Waals surface area contributed by atoms with Crippen LogP contribution in [0.1, 0.15) is 48.9 Å². The van der Waals surface area contributed by atoms with Crippen molar-refractivity contribution in [2.75, 3.05) is 46.6 Å². The predicted octanol–water partition coefficient (Wildman–Crippen LogP) is 5.57. The lowest BCUT2D eigenvalue weighted by Gasteiger charge is -2.30. The molecule has 0 atom stereocenters. The summed E-state index contributed by atoms with van der Waals surface area (Å²) in [6, 6.07) is 7.34. The second-order valence-corrected chi connectivity index (χ2v) is 10.3. The Morgan fingerprint density at radius 1 is 0.763 bits per heavy atom. The normalized spacial score (nSPS) is 15.8. The third-order valence-electron chi connectivity index (χ3n) is 6.66. The van der Waals surface area contributed by atoms with Crippen LogP contribution in [0.2, 0.25) is 10.0 Å². The van der Waals surface area contributed by atoms with Gasteiger partial charge in [0.05, 0.1) is 15.6 Å². The molecule has 12 heteroatoms. The lowest BCUT2D eigenvalue weighted by molar-refractivity contribution is 0.102. The number of phenols is 2. The number of carbonyl (C=O) groups is 1. The standard InChI is InChI=1S/C26H29Cl2N7O3/c27-19-13-17(14-20(28)22(19)37)29-23(38)18-8-7-16(15-21(18)36)30-24-31-25(34-9-3-1-4-10-34)33-26(32-24)35-11-5-2-6-12-35/h7-8,13-15,36-37H,1-6,9-12H2,(H,29,38)(H,30,31,32,33). The highest BCUT2D eigenvalue weighted by Crippen LogP contribution is 2.35. The Balaban J connectivity index is 1.36. The third kappa shape index (κ3) is 5.97. The van der Waals surface area contributed by atoms with Crippen molar-refractivity contribution in [3.05, 3.63) is 45.9 Å². The van der Waals surface area contributed by atoms with E-state index in [-0.39, 0.29) is 32.8 Å². The summed E-state index contributed by atoms with van der Waals surface area (Å²) < 4.78 is 0. The maximum atomic E-state index is 12.8. The van der Waals surface area contributed by atoms with Crippen LogP contribution in [0, 0.1) is 0 Å². The minimum absolute atomic E-state index is 0.00164.